The second kappa shape index (κ2) is 10.1. The lowest BCUT2D eigenvalue weighted by Crippen LogP contribution is -2.44. The van der Waals surface area contributed by atoms with Crippen LogP contribution < -0.4 is 5.32 Å². The molecule has 1 aliphatic heterocycles. The van der Waals surface area contributed by atoms with Crippen LogP contribution in [0.5, 0.6) is 0 Å². The number of aryl methyl sites for hydroxylation is 1. The quantitative estimate of drug-likeness (QED) is 0.437. The molecule has 1 aliphatic rings. The van der Waals surface area contributed by atoms with Crippen molar-refractivity contribution in [1.82, 2.24) is 20.0 Å². The van der Waals surface area contributed by atoms with E-state index in [1.54, 1.807) is 0 Å². The van der Waals surface area contributed by atoms with Crippen LogP contribution in [0, 0.1) is 6.92 Å². The molecule has 0 unspecified atom stereocenters. The van der Waals surface area contributed by atoms with Crippen LogP contribution in [0.3, 0.4) is 0 Å². The summed E-state index contributed by atoms with van der Waals surface area (Å²) >= 11 is 0. The Balaban J connectivity index is 1.27. The predicted molar refractivity (Wildman–Crippen MR) is 136 cm³/mol. The summed E-state index contributed by atoms with van der Waals surface area (Å²) in [5.74, 6) is 0.129. The number of carbonyl (C=O) groups is 1. The van der Waals surface area contributed by atoms with Crippen molar-refractivity contribution in [1.29, 1.82) is 0 Å². The third kappa shape index (κ3) is 4.95. The largest absolute Gasteiger partial charge is 0.339 e. The fraction of sp³-hybridized carbons (Fsp3) is 0.241. The van der Waals surface area contributed by atoms with E-state index in [9.17, 15) is 4.79 Å². The van der Waals surface area contributed by atoms with Gasteiger partial charge in [0.05, 0.1) is 11.4 Å². The Labute approximate surface area is 201 Å². The van der Waals surface area contributed by atoms with Gasteiger partial charge in [0.15, 0.2) is 0 Å². The molecule has 172 valence electrons. The first-order valence-corrected chi connectivity index (χ1v) is 12.0. The van der Waals surface area contributed by atoms with E-state index >= 15 is 0 Å². The third-order valence-corrected chi connectivity index (χ3v) is 6.52. The SMILES string of the molecule is Cc1ccc(-c2nn(-c3ccccc3)cc2CNC2CCN(C(=O)c3ccccc3)CC2)cc1. The summed E-state index contributed by atoms with van der Waals surface area (Å²) in [5, 5.41) is 8.67. The number of likely N-dealkylation sites (tertiary alicyclic amines) is 1. The number of para-hydroxylation sites is 1. The summed E-state index contributed by atoms with van der Waals surface area (Å²) in [7, 11) is 0. The van der Waals surface area contributed by atoms with E-state index in [1.165, 1.54) is 11.1 Å². The van der Waals surface area contributed by atoms with Crippen LogP contribution in [0.15, 0.2) is 91.1 Å². The summed E-state index contributed by atoms with van der Waals surface area (Å²) in [6.45, 7) is 4.40. The van der Waals surface area contributed by atoms with Gasteiger partial charge < -0.3 is 10.2 Å². The number of benzene rings is 3. The van der Waals surface area contributed by atoms with Crippen molar-refractivity contribution in [2.24, 2.45) is 0 Å². The van der Waals surface area contributed by atoms with Gasteiger partial charge in [-0.25, -0.2) is 4.68 Å². The molecule has 4 aromatic rings. The molecule has 1 aromatic heterocycles. The van der Waals surface area contributed by atoms with Crippen LogP contribution >= 0.6 is 0 Å². The minimum Gasteiger partial charge on any atom is -0.339 e. The third-order valence-electron chi connectivity index (χ3n) is 6.52. The molecular formula is C29H30N4O. The topological polar surface area (TPSA) is 50.2 Å². The molecule has 1 amide bonds. The van der Waals surface area contributed by atoms with E-state index in [4.69, 9.17) is 5.10 Å². The molecule has 5 heteroatoms. The number of aromatic nitrogens is 2. The van der Waals surface area contributed by atoms with E-state index in [-0.39, 0.29) is 5.91 Å². The van der Waals surface area contributed by atoms with Crippen molar-refractivity contribution in [3.8, 4) is 16.9 Å². The number of nitrogens with zero attached hydrogens (tertiary/aromatic N) is 3. The lowest BCUT2D eigenvalue weighted by molar-refractivity contribution is 0.0704. The molecule has 0 saturated carbocycles. The molecule has 5 nitrogen and oxygen atoms in total. The summed E-state index contributed by atoms with van der Waals surface area (Å²) in [5.41, 5.74) is 6.37. The number of piperidine rings is 1. The first-order chi connectivity index (χ1) is 16.7. The highest BCUT2D eigenvalue weighted by Gasteiger charge is 2.24. The lowest BCUT2D eigenvalue weighted by atomic mass is 10.0. The maximum absolute atomic E-state index is 12.7. The van der Waals surface area contributed by atoms with Crippen LogP contribution in [0.2, 0.25) is 0 Å². The standard InChI is InChI=1S/C29H30N4O/c1-22-12-14-23(15-13-22)28-25(21-33(31-28)27-10-6-3-7-11-27)20-30-26-16-18-32(19-17-26)29(34)24-8-4-2-5-9-24/h2-15,21,26,30H,16-20H2,1H3. The minimum atomic E-state index is 0.129. The van der Waals surface area contributed by atoms with Crippen molar-refractivity contribution in [3.63, 3.8) is 0 Å². The monoisotopic (exact) mass is 450 g/mol. The summed E-state index contributed by atoms with van der Waals surface area (Å²) < 4.78 is 1.97. The van der Waals surface area contributed by atoms with Crippen molar-refractivity contribution in [2.75, 3.05) is 13.1 Å². The second-order valence-corrected chi connectivity index (χ2v) is 8.96. The number of hydrogen-bond acceptors (Lipinski definition) is 3. The molecule has 5 rings (SSSR count). The maximum atomic E-state index is 12.7. The van der Waals surface area contributed by atoms with E-state index in [1.807, 2.05) is 58.1 Å². The first-order valence-electron chi connectivity index (χ1n) is 12.0. The maximum Gasteiger partial charge on any atom is 0.253 e. The highest BCUT2D eigenvalue weighted by atomic mass is 16.2. The van der Waals surface area contributed by atoms with Gasteiger partial charge in [0.25, 0.3) is 5.91 Å². The molecule has 34 heavy (non-hydrogen) atoms. The zero-order valence-corrected chi connectivity index (χ0v) is 19.5. The fourth-order valence-electron chi connectivity index (χ4n) is 4.51. The van der Waals surface area contributed by atoms with Crippen LogP contribution in [-0.2, 0) is 6.54 Å². The van der Waals surface area contributed by atoms with Crippen LogP contribution in [0.25, 0.3) is 16.9 Å². The molecule has 1 saturated heterocycles. The van der Waals surface area contributed by atoms with Gasteiger partial charge in [-0.1, -0.05) is 66.2 Å². The molecule has 0 bridgehead atoms. The highest BCUT2D eigenvalue weighted by Crippen LogP contribution is 2.25. The summed E-state index contributed by atoms with van der Waals surface area (Å²) in [4.78, 5) is 14.7. The number of amides is 1. The van der Waals surface area contributed by atoms with E-state index in [0.717, 1.165) is 55.0 Å². The number of rotatable bonds is 6. The lowest BCUT2D eigenvalue weighted by Gasteiger charge is -2.32. The number of carbonyl (C=O) groups excluding carboxylic acids is 1. The summed E-state index contributed by atoms with van der Waals surface area (Å²) in [6.07, 6.45) is 4.03. The predicted octanol–water partition coefficient (Wildman–Crippen LogP) is 5.24. The normalized spacial score (nSPS) is 14.3. The number of hydrogen-bond donors (Lipinski definition) is 1. The molecular weight excluding hydrogens is 420 g/mol. The number of nitrogens with one attached hydrogen (secondary N) is 1. The Morgan fingerprint density at radius 2 is 1.56 bits per heavy atom. The van der Waals surface area contributed by atoms with Crippen molar-refractivity contribution < 1.29 is 4.79 Å². The van der Waals surface area contributed by atoms with Crippen LogP contribution in [0.1, 0.15) is 34.3 Å². The Kier molecular flexibility index (Phi) is 6.54. The van der Waals surface area contributed by atoms with Gasteiger partial charge in [0, 0.05) is 48.6 Å². The van der Waals surface area contributed by atoms with Crippen molar-refractivity contribution in [2.45, 2.75) is 32.4 Å². The van der Waals surface area contributed by atoms with E-state index in [0.29, 0.717) is 6.04 Å². The minimum absolute atomic E-state index is 0.129. The van der Waals surface area contributed by atoms with E-state index in [2.05, 4.69) is 54.8 Å². The zero-order chi connectivity index (χ0) is 23.3. The van der Waals surface area contributed by atoms with E-state index < -0.39 is 0 Å². The van der Waals surface area contributed by atoms with Gasteiger partial charge in [0.2, 0.25) is 0 Å². The molecule has 0 aliphatic carbocycles. The Morgan fingerprint density at radius 1 is 0.912 bits per heavy atom. The van der Waals surface area contributed by atoms with Gasteiger partial charge in [-0.15, -0.1) is 0 Å². The molecule has 2 heterocycles. The Hall–Kier alpha value is -3.70. The van der Waals surface area contributed by atoms with Crippen LogP contribution in [-0.4, -0.2) is 39.7 Å². The molecule has 1 fully saturated rings. The highest BCUT2D eigenvalue weighted by molar-refractivity contribution is 5.94. The Morgan fingerprint density at radius 3 is 2.24 bits per heavy atom. The first kappa shape index (κ1) is 22.1. The summed E-state index contributed by atoms with van der Waals surface area (Å²) in [6, 6.07) is 28.7. The van der Waals surface area contributed by atoms with Crippen LogP contribution in [0.4, 0.5) is 0 Å². The van der Waals surface area contributed by atoms with Gasteiger partial charge >= 0.3 is 0 Å². The van der Waals surface area contributed by atoms with Gasteiger partial charge in [0.1, 0.15) is 0 Å². The smallest absolute Gasteiger partial charge is 0.253 e. The molecule has 3 aromatic carbocycles. The van der Waals surface area contributed by atoms with Gasteiger partial charge in [-0.2, -0.15) is 5.10 Å². The average Bonchev–Trinajstić information content (AvgIpc) is 3.33. The zero-order valence-electron chi connectivity index (χ0n) is 19.5. The van der Waals surface area contributed by atoms with Gasteiger partial charge in [-0.3, -0.25) is 4.79 Å². The second-order valence-electron chi connectivity index (χ2n) is 8.96. The van der Waals surface area contributed by atoms with Crippen molar-refractivity contribution in [3.05, 3.63) is 108 Å². The Bertz CT molecular complexity index is 1220. The molecule has 1 N–H and O–H groups in total. The molecule has 0 spiro atoms. The van der Waals surface area contributed by atoms with Crippen molar-refractivity contribution >= 4 is 5.91 Å². The molecule has 0 atom stereocenters. The van der Waals surface area contributed by atoms with Gasteiger partial charge in [-0.05, 0) is 44.0 Å². The average molecular weight is 451 g/mol. The molecule has 0 radical (unpaired) electrons. The fourth-order valence-corrected chi connectivity index (χ4v) is 4.51.